The van der Waals surface area contributed by atoms with E-state index in [2.05, 4.69) is 4.98 Å². The lowest BCUT2D eigenvalue weighted by Gasteiger charge is -2.42. The average molecular weight is 501 g/mol. The molecular formula is C23H17FN2O6S2. The molecule has 2 aromatic carbocycles. The lowest BCUT2D eigenvalue weighted by Crippen LogP contribution is -2.51. The van der Waals surface area contributed by atoms with Crippen molar-refractivity contribution in [1.29, 1.82) is 0 Å². The molecule has 0 saturated carbocycles. The van der Waals surface area contributed by atoms with Crippen LogP contribution in [-0.4, -0.2) is 40.2 Å². The smallest absolute Gasteiger partial charge is 0.318 e. The number of methoxy groups -OCH3 is 1. The van der Waals surface area contributed by atoms with Crippen molar-refractivity contribution in [3.8, 4) is 5.75 Å². The molecule has 3 atom stereocenters. The van der Waals surface area contributed by atoms with Gasteiger partial charge in [0.1, 0.15) is 16.8 Å². The van der Waals surface area contributed by atoms with Crippen molar-refractivity contribution in [1.82, 2.24) is 4.98 Å². The van der Waals surface area contributed by atoms with Crippen LogP contribution < -0.4 is 14.5 Å². The van der Waals surface area contributed by atoms with Gasteiger partial charge in [0.05, 0.1) is 23.2 Å². The molecule has 0 unspecified atom stereocenters. The van der Waals surface area contributed by atoms with Gasteiger partial charge in [-0.1, -0.05) is 35.2 Å². The molecule has 2 N–H and O–H groups in total. The number of ether oxygens (including phenoxy) is 1. The number of halogens is 1. The third-order valence-corrected chi connectivity index (χ3v) is 8.67. The summed E-state index contributed by atoms with van der Waals surface area (Å²) in [7, 11) is 1.50. The van der Waals surface area contributed by atoms with Gasteiger partial charge in [-0.3, -0.25) is 19.2 Å². The van der Waals surface area contributed by atoms with Crippen LogP contribution in [0.15, 0.2) is 58.4 Å². The second kappa shape index (κ2) is 8.10. The highest BCUT2D eigenvalue weighted by molar-refractivity contribution is 8.00. The van der Waals surface area contributed by atoms with E-state index in [1.807, 2.05) is 0 Å². The van der Waals surface area contributed by atoms with Crippen LogP contribution in [0.25, 0.3) is 0 Å². The molecule has 174 valence electrons. The number of aliphatic carboxylic acids is 1. The Morgan fingerprint density at radius 3 is 2.44 bits per heavy atom. The number of thioether (sulfide) groups is 1. The Labute approximate surface area is 200 Å². The SMILES string of the molecule is COc1ccc([C@H]2c3sc(=O)[nH]c3S[C@@H](C(=O)O)[C@]23CC(=O)N(c2ccc(F)cc2)C3=O)cc1. The highest BCUT2D eigenvalue weighted by Gasteiger charge is 2.66. The first-order valence-corrected chi connectivity index (χ1v) is 11.8. The summed E-state index contributed by atoms with van der Waals surface area (Å²) in [5.74, 6) is -3.41. The molecule has 5 rings (SSSR count). The van der Waals surface area contributed by atoms with Crippen LogP contribution in [0.3, 0.4) is 0 Å². The Balaban J connectivity index is 1.74. The quantitative estimate of drug-likeness (QED) is 0.529. The lowest BCUT2D eigenvalue weighted by molar-refractivity contribution is -0.143. The number of aromatic nitrogens is 1. The van der Waals surface area contributed by atoms with E-state index in [1.54, 1.807) is 24.3 Å². The van der Waals surface area contributed by atoms with Crippen molar-refractivity contribution < 1.29 is 28.6 Å². The number of rotatable bonds is 4. The largest absolute Gasteiger partial charge is 0.497 e. The first kappa shape index (κ1) is 22.4. The Kier molecular flexibility index (Phi) is 5.33. The minimum Gasteiger partial charge on any atom is -0.497 e. The van der Waals surface area contributed by atoms with Crippen molar-refractivity contribution in [2.24, 2.45) is 5.41 Å². The van der Waals surface area contributed by atoms with Gasteiger partial charge >= 0.3 is 10.8 Å². The third-order valence-electron chi connectivity index (χ3n) is 6.18. The van der Waals surface area contributed by atoms with Crippen LogP contribution >= 0.6 is 23.1 Å². The standard InChI is InChI=1S/C23H17FN2O6S2/c1-32-14-8-2-11(3-9-14)16-17-19(25-22(31)33-17)34-18(20(28)29)23(16)10-15(27)26(21(23)30)13-6-4-12(24)5-7-13/h2-9,16,18H,10H2,1H3,(H,25,31)(H,28,29)/t16-,18-,23-/m0/s1. The number of carboxylic acid groups (broad SMARTS) is 1. The van der Waals surface area contributed by atoms with Crippen molar-refractivity contribution in [3.63, 3.8) is 0 Å². The number of carboxylic acids is 1. The zero-order chi connectivity index (χ0) is 24.2. The number of fused-ring (bicyclic) bond motifs is 1. The van der Waals surface area contributed by atoms with Crippen molar-refractivity contribution in [2.45, 2.75) is 22.6 Å². The molecule has 0 aliphatic carbocycles. The van der Waals surface area contributed by atoms with Gasteiger partial charge in [-0.15, -0.1) is 0 Å². The summed E-state index contributed by atoms with van der Waals surface area (Å²) < 4.78 is 18.7. The molecule has 1 saturated heterocycles. The molecule has 2 aliphatic rings. The van der Waals surface area contributed by atoms with E-state index in [4.69, 9.17) is 4.74 Å². The molecule has 3 aromatic rings. The predicted octanol–water partition coefficient (Wildman–Crippen LogP) is 3.22. The molecule has 11 heteroatoms. The van der Waals surface area contributed by atoms with Crippen LogP contribution in [0.5, 0.6) is 5.75 Å². The Bertz CT molecular complexity index is 1370. The maximum Gasteiger partial charge on any atom is 0.318 e. The van der Waals surface area contributed by atoms with Crippen molar-refractivity contribution >= 4 is 46.6 Å². The number of carbonyl (C=O) groups is 3. The number of hydrogen-bond acceptors (Lipinski definition) is 7. The topological polar surface area (TPSA) is 117 Å². The summed E-state index contributed by atoms with van der Waals surface area (Å²) in [5.41, 5.74) is -0.968. The number of hydrogen-bond donors (Lipinski definition) is 2. The van der Waals surface area contributed by atoms with E-state index < -0.39 is 40.2 Å². The molecule has 1 spiro atoms. The summed E-state index contributed by atoms with van der Waals surface area (Å²) in [6.45, 7) is 0. The van der Waals surface area contributed by atoms with Gasteiger partial charge < -0.3 is 14.8 Å². The Morgan fingerprint density at radius 1 is 1.15 bits per heavy atom. The zero-order valence-electron chi connectivity index (χ0n) is 17.6. The minimum absolute atomic E-state index is 0.156. The van der Waals surface area contributed by atoms with Gasteiger partial charge in [0.2, 0.25) is 11.8 Å². The van der Waals surface area contributed by atoms with Crippen LogP contribution in [0, 0.1) is 11.2 Å². The lowest BCUT2D eigenvalue weighted by atomic mass is 9.67. The van der Waals surface area contributed by atoms with Gasteiger partial charge in [0.25, 0.3) is 0 Å². The first-order valence-electron chi connectivity index (χ1n) is 10.2. The fraction of sp³-hybridized carbons (Fsp3) is 0.217. The molecule has 1 aromatic heterocycles. The number of imide groups is 1. The normalized spacial score (nSPS) is 23.9. The maximum atomic E-state index is 14.0. The molecule has 2 amide bonds. The fourth-order valence-electron chi connectivity index (χ4n) is 4.74. The fourth-order valence-corrected chi connectivity index (χ4v) is 7.28. The maximum absolute atomic E-state index is 14.0. The Hall–Kier alpha value is -3.44. The van der Waals surface area contributed by atoms with Gasteiger partial charge in [-0.25, -0.2) is 9.29 Å². The van der Waals surface area contributed by atoms with Crippen LogP contribution in [0.4, 0.5) is 10.1 Å². The molecule has 1 fully saturated rings. The number of anilines is 1. The monoisotopic (exact) mass is 500 g/mol. The minimum atomic E-state index is -1.70. The van der Waals surface area contributed by atoms with Crippen LogP contribution in [0.1, 0.15) is 22.8 Å². The molecule has 2 aliphatic heterocycles. The van der Waals surface area contributed by atoms with Crippen LogP contribution in [0.2, 0.25) is 0 Å². The molecule has 8 nitrogen and oxygen atoms in total. The van der Waals surface area contributed by atoms with E-state index in [9.17, 15) is 28.7 Å². The highest BCUT2D eigenvalue weighted by atomic mass is 32.2. The number of H-pyrrole nitrogens is 1. The summed E-state index contributed by atoms with van der Waals surface area (Å²) >= 11 is 1.76. The highest BCUT2D eigenvalue weighted by Crippen LogP contribution is 2.61. The predicted molar refractivity (Wildman–Crippen MR) is 123 cm³/mol. The summed E-state index contributed by atoms with van der Waals surface area (Å²) in [4.78, 5) is 55.7. The molecule has 34 heavy (non-hydrogen) atoms. The van der Waals surface area contributed by atoms with Gasteiger partial charge in [-0.2, -0.15) is 0 Å². The summed E-state index contributed by atoms with van der Waals surface area (Å²) in [6, 6.07) is 11.6. The molecule has 3 heterocycles. The number of carbonyl (C=O) groups excluding carboxylic acids is 2. The summed E-state index contributed by atoms with van der Waals surface area (Å²) in [6.07, 6.45) is -0.380. The number of nitrogens with one attached hydrogen (secondary N) is 1. The van der Waals surface area contributed by atoms with Gasteiger partial charge in [0, 0.05) is 17.2 Å². The second-order valence-corrected chi connectivity index (χ2v) is 10.1. The van der Waals surface area contributed by atoms with Gasteiger partial charge in [-0.05, 0) is 42.0 Å². The number of aromatic amines is 1. The van der Waals surface area contributed by atoms with Crippen LogP contribution in [-0.2, 0) is 14.4 Å². The number of thiazole rings is 1. The van der Waals surface area contributed by atoms with Gasteiger partial charge in [0.15, 0.2) is 0 Å². The number of nitrogens with zero attached hydrogens (tertiary/aromatic N) is 1. The average Bonchev–Trinajstić information content (AvgIpc) is 3.30. The van der Waals surface area contributed by atoms with Crippen molar-refractivity contribution in [3.05, 3.63) is 74.5 Å². The van der Waals surface area contributed by atoms with E-state index in [-0.39, 0.29) is 17.0 Å². The molecular weight excluding hydrogens is 483 g/mol. The van der Waals surface area contributed by atoms with Crippen molar-refractivity contribution in [2.75, 3.05) is 12.0 Å². The third kappa shape index (κ3) is 3.26. The van der Waals surface area contributed by atoms with E-state index >= 15 is 0 Å². The Morgan fingerprint density at radius 2 is 1.82 bits per heavy atom. The summed E-state index contributed by atoms with van der Waals surface area (Å²) in [5, 5.41) is 9.20. The van der Waals surface area contributed by atoms with E-state index in [0.29, 0.717) is 21.2 Å². The van der Waals surface area contributed by atoms with E-state index in [1.165, 1.54) is 19.2 Å². The second-order valence-electron chi connectivity index (χ2n) is 7.98. The zero-order valence-corrected chi connectivity index (χ0v) is 19.2. The molecule has 0 bridgehead atoms. The number of amides is 2. The molecule has 0 radical (unpaired) electrons. The number of benzene rings is 2. The first-order chi connectivity index (χ1) is 16.3. The van der Waals surface area contributed by atoms with E-state index in [0.717, 1.165) is 40.1 Å².